The number of Topliss-reactive ketones (excluding diaryl/α,β-unsaturated/α-hetero) is 1. The minimum Gasteiger partial charge on any atom is -0.487 e. The summed E-state index contributed by atoms with van der Waals surface area (Å²) in [7, 11) is 0. The van der Waals surface area contributed by atoms with Crippen molar-refractivity contribution in [2.75, 3.05) is 19.6 Å². The van der Waals surface area contributed by atoms with E-state index in [4.69, 9.17) is 10.5 Å². The maximum absolute atomic E-state index is 13.8. The van der Waals surface area contributed by atoms with E-state index in [2.05, 4.69) is 16.7 Å². The first-order chi connectivity index (χ1) is 16.0. The second kappa shape index (κ2) is 12.2. The van der Waals surface area contributed by atoms with Crippen molar-refractivity contribution in [3.63, 3.8) is 0 Å². The Morgan fingerprint density at radius 2 is 1.82 bits per heavy atom. The highest BCUT2D eigenvalue weighted by atomic mass is 19.1. The van der Waals surface area contributed by atoms with Crippen LogP contribution in [0, 0.1) is 17.7 Å². The molecule has 1 amide bonds. The number of rotatable bonds is 8. The molecule has 0 aromatic heterocycles. The molecule has 4 rings (SSSR count). The smallest absolute Gasteiger partial charge is 0.289 e. The molecular formula is C27H31FN2O3. The quantitative estimate of drug-likeness (QED) is 0.373. The van der Waals surface area contributed by atoms with Gasteiger partial charge in [-0.05, 0) is 107 Å². The molecule has 1 heterocycles. The number of aryl methyl sites for hydroxylation is 1. The van der Waals surface area contributed by atoms with E-state index in [0.717, 1.165) is 43.4 Å². The standard InChI is InChI=1S/C16H22FNO.C11H9NO2/c17-15-12-13(4-3-11-18-9-1-2-10-18)5-8-16(15)19-14-6-7-14;1-2-3-8-4-6-9(7-5-8)10(13)11(12)14/h5,8,12,14H,1-4,6-7,9-11H2;4-7H,1H3,(H2,12,14). The largest absolute Gasteiger partial charge is 0.487 e. The lowest BCUT2D eigenvalue weighted by molar-refractivity contribution is -0.114. The normalized spacial score (nSPS) is 15.1. The van der Waals surface area contributed by atoms with Crippen molar-refractivity contribution >= 4 is 11.7 Å². The van der Waals surface area contributed by atoms with Crippen molar-refractivity contribution < 1.29 is 18.7 Å². The van der Waals surface area contributed by atoms with Gasteiger partial charge in [-0.1, -0.05) is 12.0 Å². The van der Waals surface area contributed by atoms with E-state index in [9.17, 15) is 14.0 Å². The number of hydrogen-bond acceptors (Lipinski definition) is 4. The zero-order chi connectivity index (χ0) is 23.6. The summed E-state index contributed by atoms with van der Waals surface area (Å²) in [5.41, 5.74) is 7.02. The average molecular weight is 451 g/mol. The number of nitrogens with zero attached hydrogens (tertiary/aromatic N) is 1. The maximum atomic E-state index is 13.8. The summed E-state index contributed by atoms with van der Waals surface area (Å²) in [4.78, 5) is 24.2. The molecule has 1 aliphatic carbocycles. The number of ether oxygens (including phenoxy) is 1. The number of primary amides is 1. The molecule has 2 N–H and O–H groups in total. The Bertz CT molecular complexity index is 1010. The summed E-state index contributed by atoms with van der Waals surface area (Å²) < 4.78 is 19.3. The SMILES string of the molecule is CC#Cc1ccc(C(=O)C(N)=O)cc1.Fc1cc(CCCN2CCCC2)ccc1OC1CC1. The number of carbonyl (C=O) groups is 2. The number of halogens is 1. The summed E-state index contributed by atoms with van der Waals surface area (Å²) >= 11 is 0. The molecule has 2 fully saturated rings. The topological polar surface area (TPSA) is 72.6 Å². The van der Waals surface area contributed by atoms with Crippen LogP contribution in [0.2, 0.25) is 0 Å². The number of amides is 1. The van der Waals surface area contributed by atoms with E-state index < -0.39 is 11.7 Å². The molecule has 0 atom stereocenters. The van der Waals surface area contributed by atoms with Gasteiger partial charge in [0.25, 0.3) is 5.91 Å². The van der Waals surface area contributed by atoms with Crippen molar-refractivity contribution in [3.8, 4) is 17.6 Å². The number of ketones is 1. The van der Waals surface area contributed by atoms with Crippen molar-refractivity contribution in [2.45, 2.75) is 51.6 Å². The third-order valence-corrected chi connectivity index (χ3v) is 5.59. The van der Waals surface area contributed by atoms with E-state index >= 15 is 0 Å². The molecule has 2 aromatic carbocycles. The van der Waals surface area contributed by atoms with Gasteiger partial charge in [0.15, 0.2) is 11.6 Å². The highest BCUT2D eigenvalue weighted by molar-refractivity contribution is 6.42. The number of likely N-dealkylation sites (tertiary alicyclic amines) is 1. The van der Waals surface area contributed by atoms with Gasteiger partial charge in [0.2, 0.25) is 5.78 Å². The minimum atomic E-state index is -0.945. The molecule has 174 valence electrons. The van der Waals surface area contributed by atoms with Crippen LogP contribution < -0.4 is 10.5 Å². The fourth-order valence-corrected chi connectivity index (χ4v) is 3.67. The second-order valence-corrected chi connectivity index (χ2v) is 8.38. The Morgan fingerprint density at radius 1 is 1.12 bits per heavy atom. The summed E-state index contributed by atoms with van der Waals surface area (Å²) in [6.07, 6.45) is 7.13. The van der Waals surface area contributed by atoms with E-state index in [0.29, 0.717) is 11.3 Å². The lowest BCUT2D eigenvalue weighted by Gasteiger charge is -2.14. The van der Waals surface area contributed by atoms with Gasteiger partial charge in [0.05, 0.1) is 6.10 Å². The van der Waals surface area contributed by atoms with Crippen LogP contribution in [0.15, 0.2) is 42.5 Å². The van der Waals surface area contributed by atoms with Gasteiger partial charge in [-0.15, -0.1) is 5.92 Å². The fourth-order valence-electron chi connectivity index (χ4n) is 3.67. The molecule has 1 aliphatic heterocycles. The van der Waals surface area contributed by atoms with Crippen LogP contribution >= 0.6 is 0 Å². The highest BCUT2D eigenvalue weighted by Gasteiger charge is 2.24. The van der Waals surface area contributed by atoms with Gasteiger partial charge in [-0.2, -0.15) is 0 Å². The molecular weight excluding hydrogens is 419 g/mol. The molecule has 0 unspecified atom stereocenters. The zero-order valence-electron chi connectivity index (χ0n) is 19.1. The van der Waals surface area contributed by atoms with E-state index in [1.54, 1.807) is 31.2 Å². The lowest BCUT2D eigenvalue weighted by atomic mass is 10.1. The Kier molecular flexibility index (Phi) is 9.03. The van der Waals surface area contributed by atoms with Crippen LogP contribution in [0.3, 0.4) is 0 Å². The second-order valence-electron chi connectivity index (χ2n) is 8.38. The molecule has 6 heteroatoms. The first kappa shape index (κ1) is 24.5. The van der Waals surface area contributed by atoms with Crippen LogP contribution in [0.25, 0.3) is 0 Å². The number of benzene rings is 2. The van der Waals surface area contributed by atoms with E-state index in [1.807, 2.05) is 6.07 Å². The van der Waals surface area contributed by atoms with Gasteiger partial charge in [0, 0.05) is 11.1 Å². The fraction of sp³-hybridized carbons (Fsp3) is 0.407. The molecule has 0 radical (unpaired) electrons. The predicted octanol–water partition coefficient (Wildman–Crippen LogP) is 4.12. The van der Waals surface area contributed by atoms with Crippen LogP contribution in [-0.2, 0) is 11.2 Å². The Hall–Kier alpha value is -3.17. The molecule has 1 saturated heterocycles. The van der Waals surface area contributed by atoms with E-state index in [1.165, 1.54) is 38.1 Å². The zero-order valence-corrected chi connectivity index (χ0v) is 19.1. The van der Waals surface area contributed by atoms with Crippen LogP contribution in [0.5, 0.6) is 5.75 Å². The van der Waals surface area contributed by atoms with Gasteiger partial charge in [-0.25, -0.2) is 4.39 Å². The van der Waals surface area contributed by atoms with E-state index in [-0.39, 0.29) is 11.9 Å². The predicted molar refractivity (Wildman–Crippen MR) is 127 cm³/mol. The molecule has 2 aromatic rings. The van der Waals surface area contributed by atoms with Gasteiger partial charge < -0.3 is 15.4 Å². The molecule has 5 nitrogen and oxygen atoms in total. The van der Waals surface area contributed by atoms with Gasteiger partial charge in [0.1, 0.15) is 0 Å². The Labute approximate surface area is 195 Å². The number of nitrogens with two attached hydrogens (primary N) is 1. The highest BCUT2D eigenvalue weighted by Crippen LogP contribution is 2.29. The summed E-state index contributed by atoms with van der Waals surface area (Å²) in [5.74, 6) is 4.15. The van der Waals surface area contributed by atoms with Crippen LogP contribution in [0.1, 0.15) is 60.5 Å². The van der Waals surface area contributed by atoms with Crippen molar-refractivity contribution in [3.05, 3.63) is 65.0 Å². The lowest BCUT2D eigenvalue weighted by Crippen LogP contribution is -2.22. The monoisotopic (exact) mass is 450 g/mol. The first-order valence-electron chi connectivity index (χ1n) is 11.5. The third-order valence-electron chi connectivity index (χ3n) is 5.59. The summed E-state index contributed by atoms with van der Waals surface area (Å²) in [6.45, 7) is 5.34. The number of hydrogen-bond donors (Lipinski definition) is 1. The van der Waals surface area contributed by atoms with Crippen molar-refractivity contribution in [1.82, 2.24) is 4.90 Å². The van der Waals surface area contributed by atoms with Crippen LogP contribution in [0.4, 0.5) is 4.39 Å². The number of carbonyl (C=O) groups excluding carboxylic acids is 2. The maximum Gasteiger partial charge on any atom is 0.289 e. The average Bonchev–Trinajstić information content (AvgIpc) is 3.48. The van der Waals surface area contributed by atoms with Crippen LogP contribution in [-0.4, -0.2) is 42.3 Å². The molecule has 33 heavy (non-hydrogen) atoms. The summed E-state index contributed by atoms with van der Waals surface area (Å²) in [5, 5.41) is 0. The molecule has 0 bridgehead atoms. The van der Waals surface area contributed by atoms with Gasteiger partial charge in [-0.3, -0.25) is 9.59 Å². The minimum absolute atomic E-state index is 0.203. The molecule has 1 saturated carbocycles. The Balaban J connectivity index is 0.000000196. The first-order valence-corrected chi connectivity index (χ1v) is 11.5. The van der Waals surface area contributed by atoms with Crippen molar-refractivity contribution in [1.29, 1.82) is 0 Å². The third kappa shape index (κ3) is 8.03. The molecule has 2 aliphatic rings. The Morgan fingerprint density at radius 3 is 2.39 bits per heavy atom. The van der Waals surface area contributed by atoms with Crippen molar-refractivity contribution in [2.24, 2.45) is 5.73 Å². The summed E-state index contributed by atoms with van der Waals surface area (Å²) in [6, 6.07) is 11.9. The molecule has 0 spiro atoms. The van der Waals surface area contributed by atoms with Gasteiger partial charge >= 0.3 is 0 Å².